The summed E-state index contributed by atoms with van der Waals surface area (Å²) in [5.74, 6) is 1.66. The molecule has 2 aromatic carbocycles. The van der Waals surface area contributed by atoms with Gasteiger partial charge in [-0.3, -0.25) is 4.57 Å². The van der Waals surface area contributed by atoms with E-state index < -0.39 is 0 Å². The first-order valence-electron chi connectivity index (χ1n) is 6.93. The number of imidazole rings is 1. The summed E-state index contributed by atoms with van der Waals surface area (Å²) >= 11 is 12.2. The standard InChI is InChI=1S/C17H16Cl2N2/c1-11(2)12-4-3-5-14(8-12)21-16-9-13(19)6-7-15(16)20-17(21)10-18/h3-9,11H,10H2,1-2H3. The molecule has 1 aromatic heterocycles. The van der Waals surface area contributed by atoms with Gasteiger partial charge in [-0.05, 0) is 41.8 Å². The molecule has 0 atom stereocenters. The zero-order chi connectivity index (χ0) is 15.0. The molecule has 0 N–H and O–H groups in total. The molecule has 3 aromatic rings. The van der Waals surface area contributed by atoms with Crippen molar-refractivity contribution < 1.29 is 0 Å². The highest BCUT2D eigenvalue weighted by Crippen LogP contribution is 2.27. The average molecular weight is 319 g/mol. The zero-order valence-electron chi connectivity index (χ0n) is 12.0. The molecule has 0 unspecified atom stereocenters. The predicted octanol–water partition coefficient (Wildman–Crippen LogP) is 5.54. The summed E-state index contributed by atoms with van der Waals surface area (Å²) in [7, 11) is 0. The highest BCUT2D eigenvalue weighted by molar-refractivity contribution is 6.31. The molecular weight excluding hydrogens is 303 g/mol. The molecule has 0 saturated heterocycles. The minimum Gasteiger partial charge on any atom is -0.295 e. The number of alkyl halides is 1. The van der Waals surface area contributed by atoms with Crippen LogP contribution in [0.25, 0.3) is 16.7 Å². The van der Waals surface area contributed by atoms with Gasteiger partial charge in [0.1, 0.15) is 5.82 Å². The smallest absolute Gasteiger partial charge is 0.129 e. The van der Waals surface area contributed by atoms with Crippen molar-refractivity contribution in [1.29, 1.82) is 0 Å². The average Bonchev–Trinajstić information content (AvgIpc) is 2.85. The van der Waals surface area contributed by atoms with E-state index in [1.807, 2.05) is 18.2 Å². The number of hydrogen-bond donors (Lipinski definition) is 0. The minimum absolute atomic E-state index is 0.359. The van der Waals surface area contributed by atoms with Gasteiger partial charge in [0.05, 0.1) is 16.9 Å². The molecule has 0 radical (unpaired) electrons. The number of aromatic nitrogens is 2. The van der Waals surface area contributed by atoms with Crippen molar-refractivity contribution in [3.8, 4) is 5.69 Å². The SMILES string of the molecule is CC(C)c1cccc(-n2c(CCl)nc3ccc(Cl)cc32)c1. The molecule has 0 bridgehead atoms. The fourth-order valence-corrected chi connectivity index (χ4v) is 2.84. The lowest BCUT2D eigenvalue weighted by atomic mass is 10.0. The first-order valence-corrected chi connectivity index (χ1v) is 7.84. The number of nitrogens with zero attached hydrogens (tertiary/aromatic N) is 2. The first-order chi connectivity index (χ1) is 10.1. The van der Waals surface area contributed by atoms with Crippen LogP contribution < -0.4 is 0 Å². The Morgan fingerprint density at radius 2 is 1.95 bits per heavy atom. The van der Waals surface area contributed by atoms with E-state index in [1.165, 1.54) is 5.56 Å². The molecular formula is C17H16Cl2N2. The Labute approximate surface area is 134 Å². The number of fused-ring (bicyclic) bond motifs is 1. The molecule has 0 aliphatic heterocycles. The van der Waals surface area contributed by atoms with Gasteiger partial charge in [0.25, 0.3) is 0 Å². The van der Waals surface area contributed by atoms with Gasteiger partial charge in [-0.15, -0.1) is 11.6 Å². The maximum Gasteiger partial charge on any atom is 0.129 e. The maximum absolute atomic E-state index is 6.14. The van der Waals surface area contributed by atoms with Crippen LogP contribution in [0, 0.1) is 0 Å². The molecule has 1 heterocycles. The highest BCUT2D eigenvalue weighted by atomic mass is 35.5. The summed E-state index contributed by atoms with van der Waals surface area (Å²) in [6, 6.07) is 14.2. The van der Waals surface area contributed by atoms with Crippen molar-refractivity contribution in [3.63, 3.8) is 0 Å². The normalized spacial score (nSPS) is 11.5. The van der Waals surface area contributed by atoms with E-state index in [1.54, 1.807) is 0 Å². The van der Waals surface area contributed by atoms with E-state index >= 15 is 0 Å². The van der Waals surface area contributed by atoms with Crippen LogP contribution in [0.2, 0.25) is 5.02 Å². The van der Waals surface area contributed by atoms with Gasteiger partial charge in [0, 0.05) is 10.7 Å². The Bertz CT molecular complexity index is 791. The quantitative estimate of drug-likeness (QED) is 0.579. The van der Waals surface area contributed by atoms with Crippen LogP contribution in [-0.2, 0) is 5.88 Å². The number of rotatable bonds is 3. The number of hydrogen-bond acceptors (Lipinski definition) is 1. The van der Waals surface area contributed by atoms with E-state index in [2.05, 4.69) is 47.7 Å². The Morgan fingerprint density at radius 1 is 1.14 bits per heavy atom. The van der Waals surface area contributed by atoms with Gasteiger partial charge in [0.2, 0.25) is 0 Å². The molecule has 108 valence electrons. The Morgan fingerprint density at radius 3 is 2.67 bits per heavy atom. The monoisotopic (exact) mass is 318 g/mol. The third-order valence-electron chi connectivity index (χ3n) is 3.60. The van der Waals surface area contributed by atoms with Crippen molar-refractivity contribution in [2.75, 3.05) is 0 Å². The molecule has 0 spiro atoms. The number of halogens is 2. The zero-order valence-corrected chi connectivity index (χ0v) is 13.5. The lowest BCUT2D eigenvalue weighted by Crippen LogP contribution is -2.00. The summed E-state index contributed by atoms with van der Waals surface area (Å²) in [4.78, 5) is 4.60. The second kappa shape index (κ2) is 5.70. The molecule has 0 saturated carbocycles. The molecule has 0 amide bonds. The first kappa shape index (κ1) is 14.4. The Hall–Kier alpha value is -1.51. The van der Waals surface area contributed by atoms with Crippen LogP contribution in [0.1, 0.15) is 31.2 Å². The minimum atomic E-state index is 0.359. The molecule has 0 aliphatic rings. The highest BCUT2D eigenvalue weighted by Gasteiger charge is 2.13. The van der Waals surface area contributed by atoms with E-state index in [0.29, 0.717) is 16.8 Å². The van der Waals surface area contributed by atoms with Gasteiger partial charge in [-0.25, -0.2) is 4.98 Å². The fraction of sp³-hybridized carbons (Fsp3) is 0.235. The van der Waals surface area contributed by atoms with Crippen LogP contribution in [-0.4, -0.2) is 9.55 Å². The lowest BCUT2D eigenvalue weighted by Gasteiger charge is -2.11. The predicted molar refractivity (Wildman–Crippen MR) is 89.7 cm³/mol. The van der Waals surface area contributed by atoms with Crippen molar-refractivity contribution in [1.82, 2.24) is 9.55 Å². The van der Waals surface area contributed by atoms with Gasteiger partial charge >= 0.3 is 0 Å². The van der Waals surface area contributed by atoms with E-state index in [0.717, 1.165) is 22.5 Å². The van der Waals surface area contributed by atoms with Gasteiger partial charge < -0.3 is 0 Å². The summed E-state index contributed by atoms with van der Waals surface area (Å²) in [6.07, 6.45) is 0. The summed E-state index contributed by atoms with van der Waals surface area (Å²) in [6.45, 7) is 4.37. The summed E-state index contributed by atoms with van der Waals surface area (Å²) in [5, 5.41) is 0.699. The third-order valence-corrected chi connectivity index (χ3v) is 4.07. The largest absolute Gasteiger partial charge is 0.295 e. The summed E-state index contributed by atoms with van der Waals surface area (Å²) < 4.78 is 2.08. The molecule has 21 heavy (non-hydrogen) atoms. The van der Waals surface area contributed by atoms with E-state index in [4.69, 9.17) is 23.2 Å². The van der Waals surface area contributed by atoms with Crippen LogP contribution in [0.3, 0.4) is 0 Å². The fourth-order valence-electron chi connectivity index (χ4n) is 2.50. The van der Waals surface area contributed by atoms with Crippen LogP contribution in [0.4, 0.5) is 0 Å². The molecule has 0 fully saturated rings. The second-order valence-corrected chi connectivity index (χ2v) is 6.08. The Kier molecular flexibility index (Phi) is 3.92. The van der Waals surface area contributed by atoms with Crippen LogP contribution in [0.5, 0.6) is 0 Å². The molecule has 0 aliphatic carbocycles. The molecule has 2 nitrogen and oxygen atoms in total. The summed E-state index contributed by atoms with van der Waals surface area (Å²) in [5.41, 5.74) is 4.25. The second-order valence-electron chi connectivity index (χ2n) is 5.38. The van der Waals surface area contributed by atoms with Crippen molar-refractivity contribution in [2.45, 2.75) is 25.6 Å². The molecule has 4 heteroatoms. The van der Waals surface area contributed by atoms with E-state index in [-0.39, 0.29) is 0 Å². The van der Waals surface area contributed by atoms with Crippen molar-refractivity contribution >= 4 is 34.2 Å². The topological polar surface area (TPSA) is 17.8 Å². The lowest BCUT2D eigenvalue weighted by molar-refractivity contribution is 0.861. The Balaban J connectivity index is 2.27. The van der Waals surface area contributed by atoms with Crippen LogP contribution in [0.15, 0.2) is 42.5 Å². The van der Waals surface area contributed by atoms with Gasteiger partial charge in [0.15, 0.2) is 0 Å². The van der Waals surface area contributed by atoms with Crippen molar-refractivity contribution in [2.24, 2.45) is 0 Å². The van der Waals surface area contributed by atoms with Crippen LogP contribution >= 0.6 is 23.2 Å². The van der Waals surface area contributed by atoms with Crippen molar-refractivity contribution in [3.05, 3.63) is 58.9 Å². The van der Waals surface area contributed by atoms with E-state index in [9.17, 15) is 0 Å². The number of benzene rings is 2. The third kappa shape index (κ3) is 2.66. The molecule has 3 rings (SSSR count). The van der Waals surface area contributed by atoms with Gasteiger partial charge in [-0.1, -0.05) is 37.6 Å². The van der Waals surface area contributed by atoms with Gasteiger partial charge in [-0.2, -0.15) is 0 Å². The maximum atomic E-state index is 6.14.